The minimum atomic E-state index is -0.838. The lowest BCUT2D eigenvalue weighted by Crippen LogP contribution is -2.20. The van der Waals surface area contributed by atoms with E-state index in [0.29, 0.717) is 24.5 Å². The van der Waals surface area contributed by atoms with Crippen LogP contribution < -0.4 is 14.8 Å². The molecule has 26 heavy (non-hydrogen) atoms. The molecule has 2 rings (SSSR count). The first-order valence-electron chi connectivity index (χ1n) is 8.39. The minimum absolute atomic E-state index is 0.0703. The third kappa shape index (κ3) is 6.12. The Bertz CT molecular complexity index is 735. The third-order valence-corrected chi connectivity index (χ3v) is 3.70. The maximum atomic E-state index is 12.0. The summed E-state index contributed by atoms with van der Waals surface area (Å²) in [6, 6.07) is 12.7. The maximum absolute atomic E-state index is 12.0. The number of ether oxygens (including phenoxy) is 2. The van der Waals surface area contributed by atoms with E-state index < -0.39 is 5.97 Å². The topological polar surface area (TPSA) is 84.9 Å². The lowest BCUT2D eigenvalue weighted by atomic mass is 10.1. The molecule has 6 heteroatoms. The summed E-state index contributed by atoms with van der Waals surface area (Å²) in [7, 11) is 0. The molecule has 2 aromatic carbocycles. The number of aryl methyl sites for hydroxylation is 2. The van der Waals surface area contributed by atoms with Gasteiger partial charge in [0.1, 0.15) is 11.5 Å². The molecule has 138 valence electrons. The zero-order valence-electron chi connectivity index (χ0n) is 15.0. The summed E-state index contributed by atoms with van der Waals surface area (Å²) in [5, 5.41) is 11.3. The second-order valence-corrected chi connectivity index (χ2v) is 5.93. The van der Waals surface area contributed by atoms with Crippen molar-refractivity contribution in [3.8, 4) is 11.5 Å². The van der Waals surface area contributed by atoms with Crippen molar-refractivity contribution < 1.29 is 24.2 Å². The molecule has 0 saturated heterocycles. The van der Waals surface area contributed by atoms with E-state index in [9.17, 15) is 9.59 Å². The van der Waals surface area contributed by atoms with Crippen LogP contribution in [0.5, 0.6) is 11.5 Å². The summed E-state index contributed by atoms with van der Waals surface area (Å²) >= 11 is 0. The quantitative estimate of drug-likeness (QED) is 0.670. The molecular formula is C20H23NO5. The lowest BCUT2D eigenvalue weighted by Gasteiger charge is -2.12. The van der Waals surface area contributed by atoms with Gasteiger partial charge in [-0.1, -0.05) is 18.2 Å². The Morgan fingerprint density at radius 1 is 1.00 bits per heavy atom. The van der Waals surface area contributed by atoms with E-state index in [4.69, 9.17) is 14.6 Å². The Morgan fingerprint density at radius 2 is 1.65 bits per heavy atom. The summed E-state index contributed by atoms with van der Waals surface area (Å²) in [4.78, 5) is 22.5. The molecule has 0 heterocycles. The molecule has 0 unspecified atom stereocenters. The summed E-state index contributed by atoms with van der Waals surface area (Å²) in [5.74, 6) is 0.269. The van der Waals surface area contributed by atoms with Gasteiger partial charge in [-0.05, 0) is 55.7 Å². The van der Waals surface area contributed by atoms with Gasteiger partial charge in [-0.15, -0.1) is 0 Å². The predicted octanol–water partition coefficient (Wildman–Crippen LogP) is 3.56. The summed E-state index contributed by atoms with van der Waals surface area (Å²) in [6.07, 6.45) is 0.526. The number of para-hydroxylation sites is 1. The highest BCUT2D eigenvalue weighted by molar-refractivity contribution is 5.91. The van der Waals surface area contributed by atoms with Crippen LogP contribution in [0.2, 0.25) is 0 Å². The molecular weight excluding hydrogens is 334 g/mol. The average Bonchev–Trinajstić information content (AvgIpc) is 2.59. The van der Waals surface area contributed by atoms with Crippen LogP contribution in [-0.2, 0) is 9.59 Å². The first-order chi connectivity index (χ1) is 12.5. The van der Waals surface area contributed by atoms with Crippen molar-refractivity contribution >= 4 is 17.6 Å². The van der Waals surface area contributed by atoms with E-state index in [2.05, 4.69) is 5.32 Å². The predicted molar refractivity (Wildman–Crippen MR) is 98.8 cm³/mol. The SMILES string of the molecule is Cc1cccc(C)c1OCC(=O)Nc1ccc(OCCCC(=O)O)cc1. The van der Waals surface area contributed by atoms with Gasteiger partial charge >= 0.3 is 5.97 Å². The number of nitrogens with one attached hydrogen (secondary N) is 1. The Morgan fingerprint density at radius 3 is 2.27 bits per heavy atom. The highest BCUT2D eigenvalue weighted by atomic mass is 16.5. The zero-order valence-corrected chi connectivity index (χ0v) is 15.0. The van der Waals surface area contributed by atoms with E-state index in [1.807, 2.05) is 32.0 Å². The maximum Gasteiger partial charge on any atom is 0.303 e. The number of carboxylic acids is 1. The van der Waals surface area contributed by atoms with Crippen LogP contribution in [0.25, 0.3) is 0 Å². The van der Waals surface area contributed by atoms with Gasteiger partial charge in [-0.2, -0.15) is 0 Å². The number of anilines is 1. The second-order valence-electron chi connectivity index (χ2n) is 5.93. The Kier molecular flexibility index (Phi) is 7.02. The number of rotatable bonds is 9. The largest absolute Gasteiger partial charge is 0.494 e. The number of aliphatic carboxylic acids is 1. The Labute approximate surface area is 152 Å². The fourth-order valence-corrected chi connectivity index (χ4v) is 2.41. The van der Waals surface area contributed by atoms with E-state index in [1.54, 1.807) is 24.3 Å². The molecule has 2 aromatic rings. The van der Waals surface area contributed by atoms with Crippen molar-refractivity contribution in [3.05, 3.63) is 53.6 Å². The van der Waals surface area contributed by atoms with Gasteiger partial charge in [0.2, 0.25) is 0 Å². The highest BCUT2D eigenvalue weighted by Gasteiger charge is 2.08. The summed E-state index contributed by atoms with van der Waals surface area (Å²) in [6.45, 7) is 4.14. The first kappa shape index (κ1) is 19.3. The Hall–Kier alpha value is -3.02. The fourth-order valence-electron chi connectivity index (χ4n) is 2.41. The zero-order chi connectivity index (χ0) is 18.9. The first-order valence-corrected chi connectivity index (χ1v) is 8.39. The highest BCUT2D eigenvalue weighted by Crippen LogP contribution is 2.22. The fraction of sp³-hybridized carbons (Fsp3) is 0.300. The van der Waals surface area contributed by atoms with Gasteiger partial charge in [0, 0.05) is 12.1 Å². The van der Waals surface area contributed by atoms with Gasteiger partial charge in [0.05, 0.1) is 6.61 Å². The van der Waals surface area contributed by atoms with Crippen LogP contribution in [0.4, 0.5) is 5.69 Å². The number of carboxylic acid groups (broad SMARTS) is 1. The summed E-state index contributed by atoms with van der Waals surface area (Å²) < 4.78 is 11.1. The minimum Gasteiger partial charge on any atom is -0.494 e. The van der Waals surface area contributed by atoms with Crippen LogP contribution in [0.3, 0.4) is 0 Å². The van der Waals surface area contributed by atoms with Crippen LogP contribution >= 0.6 is 0 Å². The van der Waals surface area contributed by atoms with E-state index in [1.165, 1.54) is 0 Å². The van der Waals surface area contributed by atoms with Crippen molar-refractivity contribution in [1.29, 1.82) is 0 Å². The molecule has 0 aromatic heterocycles. The van der Waals surface area contributed by atoms with Crippen molar-refractivity contribution in [3.63, 3.8) is 0 Å². The van der Waals surface area contributed by atoms with Crippen molar-refractivity contribution in [2.75, 3.05) is 18.5 Å². The molecule has 0 atom stereocenters. The van der Waals surface area contributed by atoms with E-state index >= 15 is 0 Å². The second kappa shape index (κ2) is 9.46. The molecule has 0 aliphatic heterocycles. The molecule has 0 aliphatic rings. The normalized spacial score (nSPS) is 10.2. The van der Waals surface area contributed by atoms with Gasteiger partial charge in [0.15, 0.2) is 6.61 Å². The average molecular weight is 357 g/mol. The van der Waals surface area contributed by atoms with Crippen LogP contribution in [0.15, 0.2) is 42.5 Å². The van der Waals surface area contributed by atoms with E-state index in [-0.39, 0.29) is 18.9 Å². The number of benzene rings is 2. The molecule has 6 nitrogen and oxygen atoms in total. The van der Waals surface area contributed by atoms with E-state index in [0.717, 1.165) is 16.9 Å². The van der Waals surface area contributed by atoms with Crippen molar-refractivity contribution in [2.24, 2.45) is 0 Å². The van der Waals surface area contributed by atoms with Gasteiger partial charge < -0.3 is 19.9 Å². The van der Waals surface area contributed by atoms with Gasteiger partial charge in [0.25, 0.3) is 5.91 Å². The molecule has 2 N–H and O–H groups in total. The Balaban J connectivity index is 1.79. The number of carbonyl (C=O) groups excluding carboxylic acids is 1. The molecule has 0 radical (unpaired) electrons. The number of amides is 1. The lowest BCUT2D eigenvalue weighted by molar-refractivity contribution is -0.137. The molecule has 0 saturated carbocycles. The smallest absolute Gasteiger partial charge is 0.303 e. The molecule has 0 fully saturated rings. The van der Waals surface area contributed by atoms with Gasteiger partial charge in [-0.25, -0.2) is 0 Å². The molecule has 0 bridgehead atoms. The van der Waals surface area contributed by atoms with Gasteiger partial charge in [-0.3, -0.25) is 9.59 Å². The number of hydrogen-bond acceptors (Lipinski definition) is 4. The van der Waals surface area contributed by atoms with Crippen molar-refractivity contribution in [2.45, 2.75) is 26.7 Å². The number of hydrogen-bond donors (Lipinski definition) is 2. The standard InChI is InChI=1S/C20H23NO5/c1-14-5-3-6-15(2)20(14)26-13-18(22)21-16-8-10-17(11-9-16)25-12-4-7-19(23)24/h3,5-6,8-11H,4,7,12-13H2,1-2H3,(H,21,22)(H,23,24). The molecule has 0 aliphatic carbocycles. The summed E-state index contributed by atoms with van der Waals surface area (Å²) in [5.41, 5.74) is 2.61. The molecule has 0 spiro atoms. The molecule has 1 amide bonds. The van der Waals surface area contributed by atoms with Crippen molar-refractivity contribution in [1.82, 2.24) is 0 Å². The van der Waals surface area contributed by atoms with Crippen LogP contribution in [-0.4, -0.2) is 30.2 Å². The van der Waals surface area contributed by atoms with Crippen LogP contribution in [0.1, 0.15) is 24.0 Å². The third-order valence-electron chi connectivity index (χ3n) is 3.70. The number of carbonyl (C=O) groups is 2. The monoisotopic (exact) mass is 357 g/mol. The van der Waals surface area contributed by atoms with Crippen LogP contribution in [0, 0.1) is 13.8 Å².